The van der Waals surface area contributed by atoms with Gasteiger partial charge in [-0.05, 0) is 85.7 Å². The van der Waals surface area contributed by atoms with Crippen molar-refractivity contribution < 1.29 is 9.90 Å². The van der Waals surface area contributed by atoms with E-state index in [1.54, 1.807) is 0 Å². The van der Waals surface area contributed by atoms with Gasteiger partial charge in [-0.2, -0.15) is 0 Å². The fraction of sp³-hybridized carbons (Fsp3) is 0.708. The van der Waals surface area contributed by atoms with Crippen molar-refractivity contribution in [2.24, 2.45) is 28.6 Å². The number of aliphatic hydroxyl groups excluding tert-OH is 1. The quantitative estimate of drug-likeness (QED) is 0.754. The predicted molar refractivity (Wildman–Crippen MR) is 111 cm³/mol. The number of fused-ring (bicyclic) bond motifs is 5. The highest BCUT2D eigenvalue weighted by Crippen LogP contribution is 2.68. The van der Waals surface area contributed by atoms with Crippen LogP contribution in [0.2, 0.25) is 0 Å². The van der Waals surface area contributed by atoms with E-state index in [1.165, 1.54) is 30.4 Å². The molecule has 0 bridgehead atoms. The molecule has 1 heterocycles. The molecule has 1 aromatic heterocycles. The van der Waals surface area contributed by atoms with Gasteiger partial charge in [-0.15, -0.1) is 5.10 Å². The summed E-state index contributed by atoms with van der Waals surface area (Å²) in [6, 6.07) is 0.249. The normalized spacial score (nSPS) is 43.0. The summed E-state index contributed by atoms with van der Waals surface area (Å²) in [6.07, 6.45) is 13.9. The molecule has 0 unspecified atom stereocenters. The van der Waals surface area contributed by atoms with Gasteiger partial charge < -0.3 is 5.11 Å². The number of nitrogens with zero attached hydrogens (tertiary/aromatic N) is 3. The van der Waals surface area contributed by atoms with E-state index in [2.05, 4.69) is 37.2 Å². The van der Waals surface area contributed by atoms with E-state index in [0.717, 1.165) is 25.7 Å². The number of rotatable bonds is 2. The fourth-order valence-electron chi connectivity index (χ4n) is 7.73. The van der Waals surface area contributed by atoms with Gasteiger partial charge in [-0.3, -0.25) is 4.79 Å². The van der Waals surface area contributed by atoms with Crippen LogP contribution in [-0.4, -0.2) is 25.9 Å². The summed E-state index contributed by atoms with van der Waals surface area (Å²) >= 11 is 0. The number of carbonyl (C=O) groups excluding carboxylic acids is 1. The lowest BCUT2D eigenvalue weighted by molar-refractivity contribution is -0.117. The minimum Gasteiger partial charge on any atom is -0.390 e. The van der Waals surface area contributed by atoms with Crippen LogP contribution in [0.5, 0.6) is 0 Å². The third kappa shape index (κ3) is 2.66. The molecule has 0 spiro atoms. The van der Waals surface area contributed by atoms with E-state index in [0.29, 0.717) is 29.2 Å². The molecule has 4 aliphatic rings. The SMILES string of the molecule is C/C=C1/[C@@H](n2cc(CO)nn2)C[C@H]2[C@@H]3CCC4=CC(=O)CC[C@]4(C)[C@H]3CC[C@]12C. The summed E-state index contributed by atoms with van der Waals surface area (Å²) in [5.74, 6) is 2.38. The van der Waals surface area contributed by atoms with Gasteiger partial charge in [0.1, 0.15) is 5.69 Å². The summed E-state index contributed by atoms with van der Waals surface area (Å²) in [5.41, 5.74) is 4.01. The Morgan fingerprint density at radius 2 is 2.03 bits per heavy atom. The largest absolute Gasteiger partial charge is 0.390 e. The van der Waals surface area contributed by atoms with Gasteiger partial charge in [0.2, 0.25) is 0 Å². The standard InChI is InChI=1S/C24H33N3O2/c1-4-19-22(27-13-16(14-28)25-26-27)12-21-18-6-5-15-11-17(29)7-9-23(15,2)20(18)8-10-24(19,21)3/h4,11,13,18,20-22,28H,5-10,12,14H2,1-3H3/b19-4-/t18-,20+,21+,22+,23+,24-/m1/s1. The van der Waals surface area contributed by atoms with Crippen LogP contribution in [0.15, 0.2) is 29.5 Å². The first-order valence-corrected chi connectivity index (χ1v) is 11.3. The number of carbonyl (C=O) groups is 1. The molecule has 3 fully saturated rings. The average molecular weight is 396 g/mol. The zero-order chi connectivity index (χ0) is 20.4. The molecule has 156 valence electrons. The third-order valence-electron chi connectivity index (χ3n) is 9.20. The molecular formula is C24H33N3O2. The minimum absolute atomic E-state index is 0.0600. The summed E-state index contributed by atoms with van der Waals surface area (Å²) in [7, 11) is 0. The molecule has 0 radical (unpaired) electrons. The molecule has 6 atom stereocenters. The number of hydrogen-bond donors (Lipinski definition) is 1. The Hall–Kier alpha value is -1.75. The van der Waals surface area contributed by atoms with Gasteiger partial charge in [-0.25, -0.2) is 4.68 Å². The summed E-state index contributed by atoms with van der Waals surface area (Å²) < 4.78 is 1.99. The molecule has 4 aliphatic carbocycles. The van der Waals surface area contributed by atoms with Gasteiger partial charge in [0, 0.05) is 6.42 Å². The highest BCUT2D eigenvalue weighted by atomic mass is 16.3. The molecule has 0 aromatic carbocycles. The molecule has 5 rings (SSSR count). The Bertz CT molecular complexity index is 900. The Kier molecular flexibility index (Phi) is 4.39. The zero-order valence-electron chi connectivity index (χ0n) is 17.9. The van der Waals surface area contributed by atoms with Crippen molar-refractivity contribution >= 4 is 5.78 Å². The smallest absolute Gasteiger partial charge is 0.155 e. The van der Waals surface area contributed by atoms with Crippen LogP contribution < -0.4 is 0 Å². The zero-order valence-corrected chi connectivity index (χ0v) is 17.9. The highest BCUT2D eigenvalue weighted by Gasteiger charge is 2.59. The number of ketones is 1. The van der Waals surface area contributed by atoms with Crippen LogP contribution in [-0.2, 0) is 11.4 Å². The monoisotopic (exact) mass is 395 g/mol. The topological polar surface area (TPSA) is 68.0 Å². The van der Waals surface area contributed by atoms with Crippen LogP contribution in [0, 0.1) is 28.6 Å². The first kappa shape index (κ1) is 19.2. The van der Waals surface area contributed by atoms with Gasteiger partial charge in [-0.1, -0.05) is 30.7 Å². The Morgan fingerprint density at radius 1 is 1.21 bits per heavy atom. The van der Waals surface area contributed by atoms with Crippen molar-refractivity contribution in [1.82, 2.24) is 15.0 Å². The van der Waals surface area contributed by atoms with Gasteiger partial charge >= 0.3 is 0 Å². The molecule has 5 heteroatoms. The second kappa shape index (κ2) is 6.63. The summed E-state index contributed by atoms with van der Waals surface area (Å²) in [5, 5.41) is 17.9. The average Bonchev–Trinajstić information content (AvgIpc) is 3.29. The van der Waals surface area contributed by atoms with Crippen LogP contribution in [0.25, 0.3) is 0 Å². The maximum atomic E-state index is 12.0. The maximum absolute atomic E-state index is 12.0. The molecule has 1 aromatic rings. The first-order chi connectivity index (χ1) is 13.9. The van der Waals surface area contributed by atoms with Gasteiger partial charge in [0.05, 0.1) is 18.8 Å². The van der Waals surface area contributed by atoms with Gasteiger partial charge in [0.15, 0.2) is 5.78 Å². The number of aliphatic hydroxyl groups is 1. The third-order valence-corrected chi connectivity index (χ3v) is 9.20. The van der Waals surface area contributed by atoms with Crippen LogP contribution in [0.3, 0.4) is 0 Å². The highest BCUT2D eigenvalue weighted by molar-refractivity contribution is 5.91. The predicted octanol–water partition coefficient (Wildman–Crippen LogP) is 4.40. The number of hydrogen-bond acceptors (Lipinski definition) is 4. The first-order valence-electron chi connectivity index (χ1n) is 11.3. The van der Waals surface area contributed by atoms with Crippen molar-refractivity contribution in [2.45, 2.75) is 78.4 Å². The van der Waals surface area contributed by atoms with Crippen molar-refractivity contribution in [3.63, 3.8) is 0 Å². The fourth-order valence-corrected chi connectivity index (χ4v) is 7.73. The molecule has 1 N–H and O–H groups in total. The molecule has 5 nitrogen and oxygen atoms in total. The van der Waals surface area contributed by atoms with E-state index < -0.39 is 0 Å². The molecule has 0 amide bonds. The van der Waals surface area contributed by atoms with Crippen molar-refractivity contribution in [3.8, 4) is 0 Å². The lowest BCUT2D eigenvalue weighted by atomic mass is 9.47. The van der Waals surface area contributed by atoms with E-state index >= 15 is 0 Å². The van der Waals surface area contributed by atoms with Crippen LogP contribution >= 0.6 is 0 Å². The number of allylic oxidation sites excluding steroid dienone is 3. The maximum Gasteiger partial charge on any atom is 0.155 e. The van der Waals surface area contributed by atoms with E-state index in [4.69, 9.17) is 0 Å². The lowest BCUT2D eigenvalue weighted by Crippen LogP contribution is -2.49. The molecule has 0 aliphatic heterocycles. The molecule has 3 saturated carbocycles. The Balaban J connectivity index is 1.50. The molecule has 29 heavy (non-hydrogen) atoms. The van der Waals surface area contributed by atoms with Crippen molar-refractivity contribution in [2.75, 3.05) is 0 Å². The molecule has 0 saturated heterocycles. The second-order valence-electron chi connectivity index (χ2n) is 10.3. The van der Waals surface area contributed by atoms with Crippen LogP contribution in [0.1, 0.15) is 77.5 Å². The van der Waals surface area contributed by atoms with E-state index in [9.17, 15) is 9.90 Å². The lowest BCUT2D eigenvalue weighted by Gasteiger charge is -2.57. The summed E-state index contributed by atoms with van der Waals surface area (Å²) in [4.78, 5) is 12.0. The molecular weight excluding hydrogens is 362 g/mol. The second-order valence-corrected chi connectivity index (χ2v) is 10.3. The van der Waals surface area contributed by atoms with E-state index in [-0.39, 0.29) is 23.5 Å². The van der Waals surface area contributed by atoms with Crippen LogP contribution in [0.4, 0.5) is 0 Å². The van der Waals surface area contributed by atoms with Gasteiger partial charge in [0.25, 0.3) is 0 Å². The summed E-state index contributed by atoms with van der Waals surface area (Å²) in [6.45, 7) is 7.03. The minimum atomic E-state index is -0.0600. The Morgan fingerprint density at radius 3 is 2.76 bits per heavy atom. The Labute approximate surface area is 173 Å². The van der Waals surface area contributed by atoms with Crippen molar-refractivity contribution in [3.05, 3.63) is 35.2 Å². The van der Waals surface area contributed by atoms with E-state index in [1.807, 2.05) is 17.0 Å². The van der Waals surface area contributed by atoms with Crippen molar-refractivity contribution in [1.29, 1.82) is 0 Å². The number of aromatic nitrogens is 3.